The van der Waals surface area contributed by atoms with Crippen molar-refractivity contribution in [2.75, 3.05) is 33.4 Å². The first-order chi connectivity index (χ1) is 14.8. The maximum absolute atomic E-state index is 12.8. The van der Waals surface area contributed by atoms with Crippen LogP contribution in [0.3, 0.4) is 0 Å². The van der Waals surface area contributed by atoms with E-state index in [4.69, 9.17) is 24.1 Å². The van der Waals surface area contributed by atoms with Crippen LogP contribution in [0.4, 0.5) is 0 Å². The number of ether oxygens (including phenoxy) is 4. The average molecular weight is 451 g/mol. The first-order valence-corrected chi connectivity index (χ1v) is 11.3. The lowest BCUT2D eigenvalue weighted by Gasteiger charge is -2.25. The van der Waals surface area contributed by atoms with Crippen LogP contribution in [0.1, 0.15) is 22.8 Å². The molecule has 1 atom stereocenters. The van der Waals surface area contributed by atoms with Gasteiger partial charge < -0.3 is 24.3 Å². The maximum atomic E-state index is 12.8. The Labute approximate surface area is 181 Å². The Morgan fingerprint density at radius 3 is 2.52 bits per heavy atom. The van der Waals surface area contributed by atoms with Gasteiger partial charge in [-0.15, -0.1) is 0 Å². The molecule has 2 aromatic carbocycles. The fourth-order valence-electron chi connectivity index (χ4n) is 3.23. The third-order valence-electron chi connectivity index (χ3n) is 4.71. The largest absolute Gasteiger partial charge is 0.495 e. The monoisotopic (exact) mass is 450 g/mol. The van der Waals surface area contributed by atoms with E-state index in [1.807, 2.05) is 31.2 Å². The standard InChI is InChI=1S/C21H26N2O7S/c1-3-28-16-6-4-5-7-17(16)29-9-8-23-12-19-21(24)15-11-20(31(22,25)26)18(27-2)10-14(15)13-30-19/h4-7,10-11,19,23H,3,8-9,12-13H2,1-2H3,(H2,22,25,26). The molecule has 0 bridgehead atoms. The number of carbonyl (C=O) groups excluding carboxylic acids is 1. The number of Topliss-reactive ketones (excluding diaryl/α,β-unsaturated/α-hetero) is 1. The summed E-state index contributed by atoms with van der Waals surface area (Å²) in [5.41, 5.74) is 0.825. The number of para-hydroxylation sites is 2. The Balaban J connectivity index is 1.58. The SMILES string of the molecule is CCOc1ccccc1OCCNCC1OCc2cc(OC)c(S(N)(=O)=O)cc2C1=O. The highest BCUT2D eigenvalue weighted by Gasteiger charge is 2.31. The van der Waals surface area contributed by atoms with Crippen LogP contribution < -0.4 is 24.7 Å². The number of nitrogens with two attached hydrogens (primary N) is 1. The quantitative estimate of drug-likeness (QED) is 0.522. The number of hydrogen-bond donors (Lipinski definition) is 2. The minimum atomic E-state index is -4.04. The van der Waals surface area contributed by atoms with Crippen LogP contribution in [0.15, 0.2) is 41.3 Å². The summed E-state index contributed by atoms with van der Waals surface area (Å²) in [5.74, 6) is 1.09. The van der Waals surface area contributed by atoms with Crippen molar-refractivity contribution in [3.8, 4) is 17.2 Å². The second kappa shape index (κ2) is 10.1. The Hall–Kier alpha value is -2.66. The highest BCUT2D eigenvalue weighted by molar-refractivity contribution is 7.89. The summed E-state index contributed by atoms with van der Waals surface area (Å²) in [6.45, 7) is 3.71. The number of ketones is 1. The molecule has 2 aromatic rings. The van der Waals surface area contributed by atoms with Crippen LogP contribution in [0.5, 0.6) is 17.2 Å². The number of rotatable bonds is 10. The molecule has 1 unspecified atom stereocenters. The summed E-state index contributed by atoms with van der Waals surface area (Å²) >= 11 is 0. The summed E-state index contributed by atoms with van der Waals surface area (Å²) in [6, 6.07) is 10.1. The minimum Gasteiger partial charge on any atom is -0.495 e. The fraction of sp³-hybridized carbons (Fsp3) is 0.381. The predicted molar refractivity (Wildman–Crippen MR) is 113 cm³/mol. The summed E-state index contributed by atoms with van der Waals surface area (Å²) in [6.07, 6.45) is -0.745. The molecule has 0 saturated carbocycles. The van der Waals surface area contributed by atoms with Gasteiger partial charge >= 0.3 is 0 Å². The maximum Gasteiger partial charge on any atom is 0.241 e. The molecule has 9 nitrogen and oxygen atoms in total. The van der Waals surface area contributed by atoms with Crippen molar-refractivity contribution in [3.05, 3.63) is 47.5 Å². The molecule has 0 aliphatic carbocycles. The Bertz CT molecular complexity index is 1040. The molecule has 0 saturated heterocycles. The van der Waals surface area contributed by atoms with E-state index in [0.717, 1.165) is 0 Å². The van der Waals surface area contributed by atoms with Crippen molar-refractivity contribution in [1.82, 2.24) is 5.32 Å². The van der Waals surface area contributed by atoms with E-state index in [9.17, 15) is 13.2 Å². The van der Waals surface area contributed by atoms with Crippen molar-refractivity contribution >= 4 is 15.8 Å². The second-order valence-corrected chi connectivity index (χ2v) is 8.33. The first kappa shape index (κ1) is 23.0. The van der Waals surface area contributed by atoms with E-state index in [-0.39, 0.29) is 35.1 Å². The Kier molecular flexibility index (Phi) is 7.50. The van der Waals surface area contributed by atoms with Gasteiger partial charge in [-0.25, -0.2) is 13.6 Å². The van der Waals surface area contributed by atoms with Gasteiger partial charge in [-0.05, 0) is 36.8 Å². The lowest BCUT2D eigenvalue weighted by atomic mass is 9.97. The first-order valence-electron chi connectivity index (χ1n) is 9.80. The number of nitrogens with one attached hydrogen (secondary N) is 1. The van der Waals surface area contributed by atoms with Crippen molar-refractivity contribution in [3.63, 3.8) is 0 Å². The molecule has 1 aliphatic rings. The van der Waals surface area contributed by atoms with Gasteiger partial charge in [0, 0.05) is 18.7 Å². The summed E-state index contributed by atoms with van der Waals surface area (Å²) in [7, 11) is -2.70. The highest BCUT2D eigenvalue weighted by atomic mass is 32.2. The summed E-state index contributed by atoms with van der Waals surface area (Å²) < 4.78 is 45.7. The zero-order valence-electron chi connectivity index (χ0n) is 17.4. The summed E-state index contributed by atoms with van der Waals surface area (Å²) in [4.78, 5) is 12.6. The number of hydrogen-bond acceptors (Lipinski definition) is 8. The van der Waals surface area contributed by atoms with E-state index in [1.165, 1.54) is 19.2 Å². The van der Waals surface area contributed by atoms with Crippen LogP contribution in [-0.2, 0) is 21.4 Å². The van der Waals surface area contributed by atoms with Crippen LogP contribution in [-0.4, -0.2) is 53.7 Å². The second-order valence-electron chi connectivity index (χ2n) is 6.80. The van der Waals surface area contributed by atoms with Gasteiger partial charge in [0.2, 0.25) is 10.0 Å². The Morgan fingerprint density at radius 2 is 1.87 bits per heavy atom. The third kappa shape index (κ3) is 5.53. The topological polar surface area (TPSA) is 126 Å². The van der Waals surface area contributed by atoms with E-state index < -0.39 is 16.1 Å². The van der Waals surface area contributed by atoms with Crippen LogP contribution in [0.25, 0.3) is 0 Å². The average Bonchev–Trinajstić information content (AvgIpc) is 2.74. The summed E-state index contributed by atoms with van der Waals surface area (Å²) in [5, 5.41) is 8.38. The molecule has 0 spiro atoms. The van der Waals surface area contributed by atoms with E-state index in [2.05, 4.69) is 5.32 Å². The molecule has 168 valence electrons. The molecule has 1 aliphatic heterocycles. The van der Waals surface area contributed by atoms with E-state index in [1.54, 1.807) is 0 Å². The normalized spacial score (nSPS) is 16.0. The zero-order valence-corrected chi connectivity index (χ0v) is 18.2. The highest BCUT2D eigenvalue weighted by Crippen LogP contribution is 2.31. The molecular formula is C21H26N2O7S. The molecule has 0 radical (unpaired) electrons. The number of carbonyl (C=O) groups is 1. The van der Waals surface area contributed by atoms with Gasteiger partial charge in [0.05, 0.1) is 20.3 Å². The molecular weight excluding hydrogens is 424 g/mol. The smallest absolute Gasteiger partial charge is 0.241 e. The molecule has 3 N–H and O–H groups in total. The van der Waals surface area contributed by atoms with Crippen molar-refractivity contribution < 1.29 is 32.2 Å². The van der Waals surface area contributed by atoms with Gasteiger partial charge in [0.25, 0.3) is 0 Å². The lowest BCUT2D eigenvalue weighted by molar-refractivity contribution is 0.0263. The molecule has 31 heavy (non-hydrogen) atoms. The van der Waals surface area contributed by atoms with Gasteiger partial charge in [0.1, 0.15) is 23.4 Å². The molecule has 3 rings (SSSR count). The van der Waals surface area contributed by atoms with Crippen molar-refractivity contribution in [2.24, 2.45) is 5.14 Å². The van der Waals surface area contributed by atoms with Crippen LogP contribution in [0, 0.1) is 0 Å². The Morgan fingerprint density at radius 1 is 1.16 bits per heavy atom. The van der Waals surface area contributed by atoms with Crippen molar-refractivity contribution in [2.45, 2.75) is 24.5 Å². The molecule has 10 heteroatoms. The van der Waals surface area contributed by atoms with Gasteiger partial charge in [-0.3, -0.25) is 4.79 Å². The minimum absolute atomic E-state index is 0.0821. The van der Waals surface area contributed by atoms with Gasteiger partial charge in [0.15, 0.2) is 17.3 Å². The fourth-order valence-corrected chi connectivity index (χ4v) is 3.94. The lowest BCUT2D eigenvalue weighted by Crippen LogP contribution is -2.40. The molecule has 1 heterocycles. The number of methoxy groups -OCH3 is 1. The van der Waals surface area contributed by atoms with E-state index in [0.29, 0.717) is 36.8 Å². The van der Waals surface area contributed by atoms with Gasteiger partial charge in [-0.2, -0.15) is 0 Å². The van der Waals surface area contributed by atoms with Crippen molar-refractivity contribution in [1.29, 1.82) is 0 Å². The van der Waals surface area contributed by atoms with E-state index >= 15 is 0 Å². The number of fused-ring (bicyclic) bond motifs is 1. The molecule has 0 amide bonds. The molecule has 0 fully saturated rings. The number of primary sulfonamides is 1. The predicted octanol–water partition coefficient (Wildman–Crippen LogP) is 1.49. The van der Waals surface area contributed by atoms with Crippen LogP contribution in [0.2, 0.25) is 0 Å². The van der Waals surface area contributed by atoms with Crippen LogP contribution >= 0.6 is 0 Å². The number of benzene rings is 2. The number of sulfonamides is 1. The molecule has 0 aromatic heterocycles. The zero-order chi connectivity index (χ0) is 22.4. The van der Waals surface area contributed by atoms with Gasteiger partial charge in [-0.1, -0.05) is 12.1 Å². The third-order valence-corrected chi connectivity index (χ3v) is 5.64.